The van der Waals surface area contributed by atoms with Gasteiger partial charge in [0.25, 0.3) is 0 Å². The maximum absolute atomic E-state index is 12.4. The lowest BCUT2D eigenvalue weighted by Crippen LogP contribution is -2.42. The van der Waals surface area contributed by atoms with Gasteiger partial charge in [-0.25, -0.2) is 0 Å². The third-order valence-corrected chi connectivity index (χ3v) is 3.95. The summed E-state index contributed by atoms with van der Waals surface area (Å²) in [6.45, 7) is 1.28. The molecule has 1 fully saturated rings. The van der Waals surface area contributed by atoms with Crippen molar-refractivity contribution in [1.82, 2.24) is 10.2 Å². The molecule has 5 nitrogen and oxygen atoms in total. The fraction of sp³-hybridized carbons (Fsp3) is 0.500. The van der Waals surface area contributed by atoms with Crippen molar-refractivity contribution >= 4 is 17.5 Å². The number of likely N-dealkylation sites (N-methyl/N-ethyl adjacent to an activating group) is 1. The normalized spacial score (nSPS) is 17.0. The molecule has 1 saturated carbocycles. The lowest BCUT2D eigenvalue weighted by Gasteiger charge is -2.21. The van der Waals surface area contributed by atoms with E-state index in [-0.39, 0.29) is 24.9 Å². The predicted octanol–water partition coefficient (Wildman–Crippen LogP) is 0.786. The number of para-hydroxylation sites is 1. The average molecular weight is 287 g/mol. The molecule has 112 valence electrons. The van der Waals surface area contributed by atoms with E-state index in [0.29, 0.717) is 6.04 Å². The zero-order valence-electron chi connectivity index (χ0n) is 12.3. The standard InChI is InChI=1S/C16H21N3O2/c1-18(10-15(20)17-13-6-7-13)11-16(21)19-9-8-12-4-2-3-5-14(12)19/h2-5,13H,6-11H2,1H3,(H,17,20). The van der Waals surface area contributed by atoms with Gasteiger partial charge in [0.15, 0.2) is 0 Å². The summed E-state index contributed by atoms with van der Waals surface area (Å²) < 4.78 is 0. The monoisotopic (exact) mass is 287 g/mol. The molecule has 0 spiro atoms. The molecule has 2 amide bonds. The van der Waals surface area contributed by atoms with Crippen molar-refractivity contribution in [2.75, 3.05) is 31.6 Å². The number of benzene rings is 1. The molecule has 21 heavy (non-hydrogen) atoms. The van der Waals surface area contributed by atoms with Crippen molar-refractivity contribution in [3.63, 3.8) is 0 Å². The highest BCUT2D eigenvalue weighted by molar-refractivity contribution is 5.97. The first-order valence-corrected chi connectivity index (χ1v) is 7.49. The van der Waals surface area contributed by atoms with Gasteiger partial charge < -0.3 is 10.2 Å². The molecule has 0 atom stereocenters. The number of rotatable bonds is 5. The van der Waals surface area contributed by atoms with E-state index in [1.54, 1.807) is 4.90 Å². The summed E-state index contributed by atoms with van der Waals surface area (Å²) in [6, 6.07) is 8.38. The number of carbonyl (C=O) groups is 2. The molecule has 1 aliphatic carbocycles. The van der Waals surface area contributed by atoms with Gasteiger partial charge in [-0.15, -0.1) is 0 Å². The van der Waals surface area contributed by atoms with Gasteiger partial charge in [-0.3, -0.25) is 14.5 Å². The topological polar surface area (TPSA) is 52.7 Å². The van der Waals surface area contributed by atoms with Gasteiger partial charge in [-0.05, 0) is 37.9 Å². The molecule has 0 radical (unpaired) electrons. The lowest BCUT2D eigenvalue weighted by molar-refractivity contribution is -0.123. The van der Waals surface area contributed by atoms with Gasteiger partial charge in [-0.1, -0.05) is 18.2 Å². The van der Waals surface area contributed by atoms with Gasteiger partial charge in [0.2, 0.25) is 11.8 Å². The number of hydrogen-bond donors (Lipinski definition) is 1. The van der Waals surface area contributed by atoms with Crippen LogP contribution in [0.3, 0.4) is 0 Å². The Balaban J connectivity index is 1.53. The number of carbonyl (C=O) groups excluding carboxylic acids is 2. The first-order chi connectivity index (χ1) is 10.1. The smallest absolute Gasteiger partial charge is 0.241 e. The second kappa shape index (κ2) is 5.85. The van der Waals surface area contributed by atoms with Crippen molar-refractivity contribution in [3.8, 4) is 0 Å². The van der Waals surface area contributed by atoms with Gasteiger partial charge in [0.1, 0.15) is 0 Å². The molecule has 0 aromatic heterocycles. The van der Waals surface area contributed by atoms with E-state index in [1.807, 2.05) is 30.1 Å². The van der Waals surface area contributed by atoms with Gasteiger partial charge in [0.05, 0.1) is 13.1 Å². The second-order valence-electron chi connectivity index (χ2n) is 5.94. The van der Waals surface area contributed by atoms with Gasteiger partial charge in [-0.2, -0.15) is 0 Å². The number of amides is 2. The number of anilines is 1. The fourth-order valence-electron chi connectivity index (χ4n) is 2.72. The molecule has 0 unspecified atom stereocenters. The predicted molar refractivity (Wildman–Crippen MR) is 81.2 cm³/mol. The van der Waals surface area contributed by atoms with Crippen LogP contribution < -0.4 is 10.2 Å². The third-order valence-electron chi connectivity index (χ3n) is 3.95. The molecule has 1 N–H and O–H groups in total. The largest absolute Gasteiger partial charge is 0.352 e. The van der Waals surface area contributed by atoms with Crippen LogP contribution in [0, 0.1) is 0 Å². The van der Waals surface area contributed by atoms with E-state index in [0.717, 1.165) is 31.5 Å². The van der Waals surface area contributed by atoms with Crippen molar-refractivity contribution in [3.05, 3.63) is 29.8 Å². The van der Waals surface area contributed by atoms with Crippen LogP contribution in [0.2, 0.25) is 0 Å². The molecule has 0 saturated heterocycles. The Morgan fingerprint density at radius 3 is 2.81 bits per heavy atom. The van der Waals surface area contributed by atoms with Gasteiger partial charge in [0, 0.05) is 18.3 Å². The minimum atomic E-state index is 0.00891. The van der Waals surface area contributed by atoms with E-state index in [9.17, 15) is 9.59 Å². The number of nitrogens with zero attached hydrogens (tertiary/aromatic N) is 2. The summed E-state index contributed by atoms with van der Waals surface area (Å²) in [5, 5.41) is 2.94. The second-order valence-corrected chi connectivity index (χ2v) is 5.94. The van der Waals surface area contributed by atoms with Crippen LogP contribution in [0.5, 0.6) is 0 Å². The Labute approximate surface area is 124 Å². The summed E-state index contributed by atoms with van der Waals surface area (Å²) in [6.07, 6.45) is 3.08. The van der Waals surface area contributed by atoms with E-state index < -0.39 is 0 Å². The summed E-state index contributed by atoms with van der Waals surface area (Å²) in [4.78, 5) is 27.7. The quantitative estimate of drug-likeness (QED) is 0.871. The first kappa shape index (κ1) is 14.1. The molecular weight excluding hydrogens is 266 g/mol. The molecule has 1 aromatic rings. The SMILES string of the molecule is CN(CC(=O)NC1CC1)CC(=O)N1CCc2ccccc21. The van der Waals surface area contributed by atoms with Crippen LogP contribution in [0.1, 0.15) is 18.4 Å². The molecule has 1 heterocycles. The van der Waals surface area contributed by atoms with E-state index in [4.69, 9.17) is 0 Å². The highest BCUT2D eigenvalue weighted by Gasteiger charge is 2.26. The van der Waals surface area contributed by atoms with E-state index in [2.05, 4.69) is 11.4 Å². The van der Waals surface area contributed by atoms with Gasteiger partial charge >= 0.3 is 0 Å². The Morgan fingerprint density at radius 1 is 1.29 bits per heavy atom. The summed E-state index contributed by atoms with van der Waals surface area (Å²) in [5.41, 5.74) is 2.23. The van der Waals surface area contributed by atoms with E-state index in [1.165, 1.54) is 5.56 Å². The van der Waals surface area contributed by atoms with Crippen molar-refractivity contribution in [2.45, 2.75) is 25.3 Å². The number of fused-ring (bicyclic) bond motifs is 1. The zero-order valence-corrected chi connectivity index (χ0v) is 12.3. The fourth-order valence-corrected chi connectivity index (χ4v) is 2.72. The molecular formula is C16H21N3O2. The summed E-state index contributed by atoms with van der Waals surface area (Å²) in [5.74, 6) is 0.0660. The van der Waals surface area contributed by atoms with Crippen LogP contribution >= 0.6 is 0 Å². The van der Waals surface area contributed by atoms with Crippen LogP contribution in [0.15, 0.2) is 24.3 Å². The Morgan fingerprint density at radius 2 is 2.05 bits per heavy atom. The number of nitrogens with one attached hydrogen (secondary N) is 1. The maximum atomic E-state index is 12.4. The maximum Gasteiger partial charge on any atom is 0.241 e. The first-order valence-electron chi connectivity index (χ1n) is 7.49. The van der Waals surface area contributed by atoms with Crippen LogP contribution in [-0.2, 0) is 16.0 Å². The van der Waals surface area contributed by atoms with Crippen molar-refractivity contribution in [1.29, 1.82) is 0 Å². The Hall–Kier alpha value is -1.88. The van der Waals surface area contributed by atoms with Crippen molar-refractivity contribution in [2.24, 2.45) is 0 Å². The molecule has 0 bridgehead atoms. The van der Waals surface area contributed by atoms with Crippen LogP contribution in [0.25, 0.3) is 0 Å². The molecule has 2 aliphatic rings. The molecule has 1 aromatic carbocycles. The molecule has 3 rings (SSSR count). The van der Waals surface area contributed by atoms with Crippen molar-refractivity contribution < 1.29 is 9.59 Å². The Kier molecular flexibility index (Phi) is 3.92. The third kappa shape index (κ3) is 3.42. The molecule has 1 aliphatic heterocycles. The Bertz CT molecular complexity index is 554. The molecule has 5 heteroatoms. The zero-order chi connectivity index (χ0) is 14.8. The van der Waals surface area contributed by atoms with Crippen LogP contribution in [0.4, 0.5) is 5.69 Å². The summed E-state index contributed by atoms with van der Waals surface area (Å²) >= 11 is 0. The minimum absolute atomic E-state index is 0.00891. The summed E-state index contributed by atoms with van der Waals surface area (Å²) in [7, 11) is 1.81. The minimum Gasteiger partial charge on any atom is -0.352 e. The highest BCUT2D eigenvalue weighted by Crippen LogP contribution is 2.27. The highest BCUT2D eigenvalue weighted by atomic mass is 16.2. The average Bonchev–Trinajstić information content (AvgIpc) is 3.14. The van der Waals surface area contributed by atoms with Crippen LogP contribution in [-0.4, -0.2) is 49.4 Å². The lowest BCUT2D eigenvalue weighted by atomic mass is 10.2. The number of hydrogen-bond acceptors (Lipinski definition) is 3. The van der Waals surface area contributed by atoms with E-state index >= 15 is 0 Å².